The predicted octanol–water partition coefficient (Wildman–Crippen LogP) is 1.61. The highest BCUT2D eigenvalue weighted by atomic mass is 16.1. The number of pyridine rings is 1. The van der Waals surface area contributed by atoms with Crippen molar-refractivity contribution in [1.82, 2.24) is 9.38 Å². The number of fused-ring (bicyclic) bond motifs is 1. The minimum absolute atomic E-state index is 0.505. The van der Waals surface area contributed by atoms with Crippen molar-refractivity contribution in [2.24, 2.45) is 4.99 Å². The van der Waals surface area contributed by atoms with E-state index < -0.39 is 0 Å². The molecule has 0 fully saturated rings. The van der Waals surface area contributed by atoms with E-state index in [-0.39, 0.29) is 0 Å². The summed E-state index contributed by atoms with van der Waals surface area (Å²) in [5.41, 5.74) is 1.91. The Labute approximate surface area is 74.6 Å². The molecule has 0 N–H and O–H groups in total. The van der Waals surface area contributed by atoms with E-state index in [2.05, 4.69) is 9.98 Å². The van der Waals surface area contributed by atoms with Gasteiger partial charge in [-0.05, 0) is 24.6 Å². The molecule has 0 spiro atoms. The molecule has 64 valence electrons. The molecule has 0 saturated carbocycles. The van der Waals surface area contributed by atoms with Crippen molar-refractivity contribution in [2.45, 2.75) is 6.92 Å². The van der Waals surface area contributed by atoms with Crippen molar-refractivity contribution in [3.63, 3.8) is 0 Å². The molecule has 2 aromatic rings. The Morgan fingerprint density at radius 2 is 2.46 bits per heavy atom. The Morgan fingerprint density at radius 3 is 3.23 bits per heavy atom. The van der Waals surface area contributed by atoms with Gasteiger partial charge in [-0.2, -0.15) is 0 Å². The maximum absolute atomic E-state index is 10.1. The summed E-state index contributed by atoms with van der Waals surface area (Å²) >= 11 is 0. The summed E-state index contributed by atoms with van der Waals surface area (Å²) in [6, 6.07) is 3.85. The van der Waals surface area contributed by atoms with Gasteiger partial charge in [0.15, 0.2) is 5.82 Å². The molecule has 2 rings (SSSR count). The quantitative estimate of drug-likeness (QED) is 0.485. The van der Waals surface area contributed by atoms with E-state index in [1.165, 1.54) is 6.08 Å². The van der Waals surface area contributed by atoms with Crippen molar-refractivity contribution in [1.29, 1.82) is 0 Å². The monoisotopic (exact) mass is 173 g/mol. The van der Waals surface area contributed by atoms with Gasteiger partial charge in [0.05, 0.1) is 6.20 Å². The summed E-state index contributed by atoms with van der Waals surface area (Å²) in [6.45, 7) is 1.98. The molecule has 4 nitrogen and oxygen atoms in total. The van der Waals surface area contributed by atoms with Crippen LogP contribution in [-0.4, -0.2) is 15.5 Å². The second kappa shape index (κ2) is 2.84. The SMILES string of the molecule is Cc1ccn2c(N=C=O)cnc2c1. The Balaban J connectivity index is 2.75. The number of hydrogen-bond donors (Lipinski definition) is 0. The van der Waals surface area contributed by atoms with Crippen LogP contribution in [0.3, 0.4) is 0 Å². The van der Waals surface area contributed by atoms with Crippen LogP contribution in [0.4, 0.5) is 5.82 Å². The Bertz CT molecular complexity index is 495. The van der Waals surface area contributed by atoms with E-state index in [1.54, 1.807) is 10.6 Å². The van der Waals surface area contributed by atoms with Gasteiger partial charge in [0.2, 0.25) is 6.08 Å². The van der Waals surface area contributed by atoms with Gasteiger partial charge in [0.1, 0.15) is 5.65 Å². The van der Waals surface area contributed by atoms with Crippen LogP contribution < -0.4 is 0 Å². The molecular formula is C9H7N3O. The molecule has 2 aromatic heterocycles. The first kappa shape index (κ1) is 7.71. The van der Waals surface area contributed by atoms with Crippen LogP contribution >= 0.6 is 0 Å². The van der Waals surface area contributed by atoms with Crippen LogP contribution in [0.2, 0.25) is 0 Å². The molecule has 0 radical (unpaired) electrons. The Morgan fingerprint density at radius 1 is 1.62 bits per heavy atom. The molecule has 0 amide bonds. The lowest BCUT2D eigenvalue weighted by Crippen LogP contribution is -1.83. The fraction of sp³-hybridized carbons (Fsp3) is 0.111. The number of rotatable bonds is 1. The minimum Gasteiger partial charge on any atom is -0.284 e. The number of isocyanates is 1. The maximum atomic E-state index is 10.1. The second-order valence-corrected chi connectivity index (χ2v) is 2.75. The lowest BCUT2D eigenvalue weighted by molar-refractivity contribution is 0.565. The van der Waals surface area contributed by atoms with E-state index in [4.69, 9.17) is 0 Å². The normalized spacial score (nSPS) is 9.92. The summed E-state index contributed by atoms with van der Waals surface area (Å²) in [6.07, 6.45) is 4.86. The number of aryl methyl sites for hydroxylation is 1. The van der Waals surface area contributed by atoms with E-state index in [1.807, 2.05) is 25.3 Å². The molecule has 13 heavy (non-hydrogen) atoms. The van der Waals surface area contributed by atoms with E-state index >= 15 is 0 Å². The highest BCUT2D eigenvalue weighted by molar-refractivity contribution is 5.52. The van der Waals surface area contributed by atoms with Crippen LogP contribution in [0.5, 0.6) is 0 Å². The average Bonchev–Trinajstić information content (AvgIpc) is 2.49. The van der Waals surface area contributed by atoms with E-state index in [9.17, 15) is 4.79 Å². The number of aromatic nitrogens is 2. The van der Waals surface area contributed by atoms with Gasteiger partial charge in [-0.3, -0.25) is 4.40 Å². The molecule has 0 aliphatic carbocycles. The highest BCUT2D eigenvalue weighted by Crippen LogP contribution is 2.14. The topological polar surface area (TPSA) is 46.7 Å². The zero-order valence-corrected chi connectivity index (χ0v) is 7.06. The molecule has 0 aliphatic heterocycles. The molecule has 0 unspecified atom stereocenters. The molecule has 0 aliphatic rings. The summed E-state index contributed by atoms with van der Waals surface area (Å²) in [4.78, 5) is 17.7. The highest BCUT2D eigenvalue weighted by Gasteiger charge is 2.00. The van der Waals surface area contributed by atoms with Crippen molar-refractivity contribution in [3.8, 4) is 0 Å². The molecular weight excluding hydrogens is 166 g/mol. The Hall–Kier alpha value is -1.93. The van der Waals surface area contributed by atoms with E-state index in [0.29, 0.717) is 5.82 Å². The third-order valence-corrected chi connectivity index (χ3v) is 1.81. The summed E-state index contributed by atoms with van der Waals surface area (Å²) < 4.78 is 1.73. The molecule has 4 heteroatoms. The van der Waals surface area contributed by atoms with Crippen LogP contribution in [0.25, 0.3) is 5.65 Å². The van der Waals surface area contributed by atoms with Gasteiger partial charge in [0, 0.05) is 6.20 Å². The van der Waals surface area contributed by atoms with Gasteiger partial charge < -0.3 is 0 Å². The summed E-state index contributed by atoms with van der Waals surface area (Å²) in [7, 11) is 0. The fourth-order valence-electron chi connectivity index (χ4n) is 1.20. The van der Waals surface area contributed by atoms with Crippen molar-refractivity contribution >= 4 is 17.5 Å². The molecule has 2 heterocycles. The van der Waals surface area contributed by atoms with Crippen LogP contribution in [0.15, 0.2) is 29.5 Å². The first-order chi connectivity index (χ1) is 6.31. The maximum Gasteiger partial charge on any atom is 0.242 e. The fourth-order valence-corrected chi connectivity index (χ4v) is 1.20. The number of imidazole rings is 1. The Kier molecular flexibility index (Phi) is 1.69. The minimum atomic E-state index is 0.505. The third-order valence-electron chi connectivity index (χ3n) is 1.81. The first-order valence-corrected chi connectivity index (χ1v) is 3.83. The molecule has 0 atom stereocenters. The largest absolute Gasteiger partial charge is 0.284 e. The number of carbonyl (C=O) groups excluding carboxylic acids is 1. The standard InChI is InChI=1S/C9H7N3O/c1-7-2-3-12-8(4-7)10-5-9(12)11-6-13/h2-5H,1H3. The number of hydrogen-bond acceptors (Lipinski definition) is 3. The van der Waals surface area contributed by atoms with E-state index in [0.717, 1.165) is 11.2 Å². The predicted molar refractivity (Wildman–Crippen MR) is 47.7 cm³/mol. The van der Waals surface area contributed by atoms with Crippen molar-refractivity contribution in [2.75, 3.05) is 0 Å². The summed E-state index contributed by atoms with van der Waals surface area (Å²) in [5.74, 6) is 0.505. The first-order valence-electron chi connectivity index (χ1n) is 3.83. The zero-order chi connectivity index (χ0) is 9.26. The zero-order valence-electron chi connectivity index (χ0n) is 7.06. The lowest BCUT2D eigenvalue weighted by Gasteiger charge is -1.95. The van der Waals surface area contributed by atoms with Crippen molar-refractivity contribution in [3.05, 3.63) is 30.1 Å². The van der Waals surface area contributed by atoms with Crippen LogP contribution in [0.1, 0.15) is 5.56 Å². The molecule has 0 aromatic carbocycles. The average molecular weight is 173 g/mol. The smallest absolute Gasteiger partial charge is 0.242 e. The van der Waals surface area contributed by atoms with Gasteiger partial charge in [0.25, 0.3) is 0 Å². The third kappa shape index (κ3) is 1.23. The second-order valence-electron chi connectivity index (χ2n) is 2.75. The van der Waals surface area contributed by atoms with Gasteiger partial charge in [-0.25, -0.2) is 9.78 Å². The molecule has 0 bridgehead atoms. The summed E-state index contributed by atoms with van der Waals surface area (Å²) in [5, 5.41) is 0. The van der Waals surface area contributed by atoms with Gasteiger partial charge >= 0.3 is 0 Å². The van der Waals surface area contributed by atoms with Gasteiger partial charge in [-0.15, -0.1) is 4.99 Å². The number of aliphatic imine (C=N–C) groups is 1. The van der Waals surface area contributed by atoms with Crippen LogP contribution in [-0.2, 0) is 4.79 Å². The van der Waals surface area contributed by atoms with Crippen LogP contribution in [0, 0.1) is 6.92 Å². The van der Waals surface area contributed by atoms with Gasteiger partial charge in [-0.1, -0.05) is 0 Å². The lowest BCUT2D eigenvalue weighted by atomic mass is 10.3. The number of nitrogens with zero attached hydrogens (tertiary/aromatic N) is 3. The molecule has 0 saturated heterocycles. The van der Waals surface area contributed by atoms with Crippen molar-refractivity contribution < 1.29 is 4.79 Å².